The molecule has 1 amide bonds. The Morgan fingerprint density at radius 1 is 1.33 bits per heavy atom. The molecule has 2 N–H and O–H groups in total. The molecule has 5 heteroatoms. The molecule has 0 fully saturated rings. The first-order chi connectivity index (χ1) is 9.79. The predicted molar refractivity (Wildman–Crippen MR) is 86.2 cm³/mol. The van der Waals surface area contributed by atoms with Crippen LogP contribution in [-0.4, -0.2) is 23.5 Å². The van der Waals surface area contributed by atoms with Crippen LogP contribution < -0.4 is 5.32 Å². The van der Waals surface area contributed by atoms with E-state index in [1.54, 1.807) is 0 Å². The number of carbonyl (C=O) groups excluding carboxylic acids is 1. The van der Waals surface area contributed by atoms with Crippen LogP contribution in [-0.2, 0) is 16.0 Å². The highest BCUT2D eigenvalue weighted by atomic mass is 79.9. The number of carboxylic acids is 1. The summed E-state index contributed by atoms with van der Waals surface area (Å²) >= 11 is 3.43. The molecule has 0 aliphatic heterocycles. The number of benzene rings is 1. The summed E-state index contributed by atoms with van der Waals surface area (Å²) < 4.78 is 0.969. The highest BCUT2D eigenvalue weighted by molar-refractivity contribution is 9.10. The van der Waals surface area contributed by atoms with E-state index in [9.17, 15) is 9.59 Å². The van der Waals surface area contributed by atoms with Gasteiger partial charge < -0.3 is 10.4 Å². The topological polar surface area (TPSA) is 66.4 Å². The standard InChI is InChI=1S/C16H22BrNO3/c1-10(2)6-13(16(20)21)9-18-15(19)8-12-5-4-11(3)14(17)7-12/h4-5,7,10,13H,6,8-9H2,1-3H3,(H,18,19)(H,20,21). The zero-order valence-corrected chi connectivity index (χ0v) is 14.2. The lowest BCUT2D eigenvalue weighted by atomic mass is 9.97. The lowest BCUT2D eigenvalue weighted by Crippen LogP contribution is -2.34. The summed E-state index contributed by atoms with van der Waals surface area (Å²) in [7, 11) is 0. The lowest BCUT2D eigenvalue weighted by Gasteiger charge is -2.15. The first kappa shape index (κ1) is 17.7. The second-order valence-electron chi connectivity index (χ2n) is 5.73. The van der Waals surface area contributed by atoms with Gasteiger partial charge in [0.25, 0.3) is 0 Å². The fourth-order valence-electron chi connectivity index (χ4n) is 2.07. The van der Waals surface area contributed by atoms with E-state index >= 15 is 0 Å². The van der Waals surface area contributed by atoms with Crippen molar-refractivity contribution in [3.05, 3.63) is 33.8 Å². The van der Waals surface area contributed by atoms with E-state index in [1.165, 1.54) is 0 Å². The molecule has 1 aromatic carbocycles. The SMILES string of the molecule is Cc1ccc(CC(=O)NCC(CC(C)C)C(=O)O)cc1Br. The van der Waals surface area contributed by atoms with Gasteiger partial charge in [0.2, 0.25) is 5.91 Å². The molecule has 4 nitrogen and oxygen atoms in total. The minimum atomic E-state index is -0.859. The maximum atomic E-state index is 11.9. The molecule has 0 saturated carbocycles. The quantitative estimate of drug-likeness (QED) is 0.789. The Balaban J connectivity index is 2.52. The number of aryl methyl sites for hydroxylation is 1. The predicted octanol–water partition coefficient (Wildman–Crippen LogP) is 3.16. The van der Waals surface area contributed by atoms with Crippen LogP contribution in [0.2, 0.25) is 0 Å². The van der Waals surface area contributed by atoms with Crippen molar-refractivity contribution in [2.45, 2.75) is 33.6 Å². The second-order valence-corrected chi connectivity index (χ2v) is 6.58. The van der Waals surface area contributed by atoms with Gasteiger partial charge in [-0.15, -0.1) is 0 Å². The van der Waals surface area contributed by atoms with E-state index in [2.05, 4.69) is 21.2 Å². The number of hydrogen-bond acceptors (Lipinski definition) is 2. The normalized spacial score (nSPS) is 12.2. The summed E-state index contributed by atoms with van der Waals surface area (Å²) in [5.41, 5.74) is 2.02. The molecule has 116 valence electrons. The van der Waals surface area contributed by atoms with Crippen molar-refractivity contribution in [1.82, 2.24) is 5.32 Å². The highest BCUT2D eigenvalue weighted by Gasteiger charge is 2.19. The molecule has 21 heavy (non-hydrogen) atoms. The van der Waals surface area contributed by atoms with Gasteiger partial charge in [-0.1, -0.05) is 41.9 Å². The third-order valence-electron chi connectivity index (χ3n) is 3.25. The van der Waals surface area contributed by atoms with Gasteiger partial charge in [-0.25, -0.2) is 0 Å². The molecule has 1 atom stereocenters. The average molecular weight is 356 g/mol. The Hall–Kier alpha value is -1.36. The van der Waals surface area contributed by atoms with Crippen molar-refractivity contribution in [2.75, 3.05) is 6.54 Å². The van der Waals surface area contributed by atoms with Crippen molar-refractivity contribution in [1.29, 1.82) is 0 Å². The van der Waals surface area contributed by atoms with Gasteiger partial charge in [0.15, 0.2) is 0 Å². The minimum Gasteiger partial charge on any atom is -0.481 e. The van der Waals surface area contributed by atoms with Gasteiger partial charge in [0.05, 0.1) is 12.3 Å². The third kappa shape index (κ3) is 6.29. The van der Waals surface area contributed by atoms with Crippen molar-refractivity contribution < 1.29 is 14.7 Å². The van der Waals surface area contributed by atoms with E-state index in [1.807, 2.05) is 39.0 Å². The maximum absolute atomic E-state index is 11.9. The molecule has 0 radical (unpaired) electrons. The van der Waals surface area contributed by atoms with Crippen LogP contribution in [0.5, 0.6) is 0 Å². The molecule has 0 aromatic heterocycles. The van der Waals surface area contributed by atoms with Gasteiger partial charge in [-0.05, 0) is 36.5 Å². The number of nitrogens with one attached hydrogen (secondary N) is 1. The molecular formula is C16H22BrNO3. The molecule has 0 heterocycles. The smallest absolute Gasteiger partial charge is 0.308 e. The van der Waals surface area contributed by atoms with Gasteiger partial charge in [0, 0.05) is 11.0 Å². The number of hydrogen-bond donors (Lipinski definition) is 2. The fourth-order valence-corrected chi connectivity index (χ4v) is 2.50. The van der Waals surface area contributed by atoms with Crippen molar-refractivity contribution in [2.24, 2.45) is 11.8 Å². The van der Waals surface area contributed by atoms with E-state index in [0.29, 0.717) is 6.42 Å². The van der Waals surface area contributed by atoms with Crippen LogP contribution in [0.3, 0.4) is 0 Å². The zero-order chi connectivity index (χ0) is 16.0. The van der Waals surface area contributed by atoms with Gasteiger partial charge in [0.1, 0.15) is 0 Å². The van der Waals surface area contributed by atoms with Gasteiger partial charge >= 0.3 is 5.97 Å². The highest BCUT2D eigenvalue weighted by Crippen LogP contribution is 2.18. The number of amides is 1. The van der Waals surface area contributed by atoms with Gasteiger partial charge in [-0.2, -0.15) is 0 Å². The summed E-state index contributed by atoms with van der Waals surface area (Å²) in [5.74, 6) is -1.25. The number of aliphatic carboxylic acids is 1. The van der Waals surface area contributed by atoms with Crippen LogP contribution >= 0.6 is 15.9 Å². The summed E-state index contributed by atoms with van der Waals surface area (Å²) in [4.78, 5) is 23.0. The van der Waals surface area contributed by atoms with Crippen LogP contribution in [0.1, 0.15) is 31.4 Å². The van der Waals surface area contributed by atoms with E-state index < -0.39 is 11.9 Å². The van der Waals surface area contributed by atoms with E-state index in [4.69, 9.17) is 5.11 Å². The monoisotopic (exact) mass is 355 g/mol. The number of carboxylic acid groups (broad SMARTS) is 1. The minimum absolute atomic E-state index is 0.152. The number of rotatable bonds is 7. The van der Waals surface area contributed by atoms with Gasteiger partial charge in [-0.3, -0.25) is 9.59 Å². The molecular weight excluding hydrogens is 334 g/mol. The third-order valence-corrected chi connectivity index (χ3v) is 4.11. The molecule has 0 saturated heterocycles. The summed E-state index contributed by atoms with van der Waals surface area (Å²) in [6.07, 6.45) is 0.818. The average Bonchev–Trinajstić information content (AvgIpc) is 2.38. The summed E-state index contributed by atoms with van der Waals surface area (Å²) in [5, 5.41) is 11.9. The Labute approximate surface area is 134 Å². The molecule has 1 aromatic rings. The van der Waals surface area contributed by atoms with Crippen LogP contribution in [0.25, 0.3) is 0 Å². The number of carbonyl (C=O) groups is 2. The molecule has 0 aliphatic rings. The first-order valence-electron chi connectivity index (χ1n) is 7.04. The van der Waals surface area contributed by atoms with Crippen LogP contribution in [0.15, 0.2) is 22.7 Å². The summed E-state index contributed by atoms with van der Waals surface area (Å²) in [6, 6.07) is 5.77. The van der Waals surface area contributed by atoms with E-state index in [-0.39, 0.29) is 24.8 Å². The van der Waals surface area contributed by atoms with Crippen LogP contribution in [0, 0.1) is 18.8 Å². The van der Waals surface area contributed by atoms with Crippen molar-refractivity contribution >= 4 is 27.8 Å². The lowest BCUT2D eigenvalue weighted by molar-refractivity contribution is -0.142. The molecule has 0 aliphatic carbocycles. The molecule has 0 bridgehead atoms. The number of halogens is 1. The zero-order valence-electron chi connectivity index (χ0n) is 12.6. The first-order valence-corrected chi connectivity index (χ1v) is 7.83. The second kappa shape index (κ2) is 8.17. The fraction of sp³-hybridized carbons (Fsp3) is 0.500. The molecule has 1 rings (SSSR count). The van der Waals surface area contributed by atoms with Crippen molar-refractivity contribution in [3.8, 4) is 0 Å². The Kier molecular flexibility index (Phi) is 6.89. The molecule has 1 unspecified atom stereocenters. The molecule has 0 spiro atoms. The summed E-state index contributed by atoms with van der Waals surface area (Å²) in [6.45, 7) is 6.11. The van der Waals surface area contributed by atoms with Crippen molar-refractivity contribution in [3.63, 3.8) is 0 Å². The largest absolute Gasteiger partial charge is 0.481 e. The van der Waals surface area contributed by atoms with Crippen LogP contribution in [0.4, 0.5) is 0 Å². The Morgan fingerprint density at radius 2 is 2.00 bits per heavy atom. The van der Waals surface area contributed by atoms with E-state index in [0.717, 1.165) is 15.6 Å². The Bertz CT molecular complexity index is 514. The Morgan fingerprint density at radius 3 is 2.52 bits per heavy atom. The maximum Gasteiger partial charge on any atom is 0.308 e.